The number of nitrogens with one attached hydrogen (secondary N) is 1. The van der Waals surface area contributed by atoms with Gasteiger partial charge in [0, 0.05) is 12.8 Å². The molecule has 2 atom stereocenters. The first-order valence-electron chi connectivity index (χ1n) is 35.6. The molecule has 0 aliphatic rings. The second kappa shape index (κ2) is 67.8. The van der Waals surface area contributed by atoms with Crippen LogP contribution in [0.2, 0.25) is 0 Å². The highest BCUT2D eigenvalue weighted by molar-refractivity contribution is 5.76. The molecule has 0 radical (unpaired) electrons. The normalized spacial score (nSPS) is 12.6. The van der Waals surface area contributed by atoms with Gasteiger partial charge >= 0.3 is 5.97 Å². The van der Waals surface area contributed by atoms with Crippen LogP contribution in [0.15, 0.2) is 24.3 Å². The highest BCUT2D eigenvalue weighted by Gasteiger charge is 2.18. The number of carbonyl (C=O) groups is 2. The molecule has 2 unspecified atom stereocenters. The van der Waals surface area contributed by atoms with E-state index in [0.29, 0.717) is 19.4 Å². The molecule has 6 heteroatoms. The summed E-state index contributed by atoms with van der Waals surface area (Å²) in [6.45, 7) is 4.93. The lowest BCUT2D eigenvalue weighted by Crippen LogP contribution is -2.45. The predicted molar refractivity (Wildman–Crippen MR) is 343 cm³/mol. The molecule has 0 fully saturated rings. The van der Waals surface area contributed by atoms with Crippen LogP contribution in [0.5, 0.6) is 0 Å². The fourth-order valence-electron chi connectivity index (χ4n) is 11.3. The van der Waals surface area contributed by atoms with Crippen LogP contribution >= 0.6 is 0 Å². The van der Waals surface area contributed by atoms with E-state index < -0.39 is 12.1 Å². The highest BCUT2D eigenvalue weighted by atomic mass is 16.5. The van der Waals surface area contributed by atoms with E-state index in [1.165, 1.54) is 327 Å². The number of hydrogen-bond donors (Lipinski definition) is 3. The molecule has 6 nitrogen and oxygen atoms in total. The van der Waals surface area contributed by atoms with Crippen molar-refractivity contribution in [1.82, 2.24) is 5.32 Å². The molecule has 78 heavy (non-hydrogen) atoms. The van der Waals surface area contributed by atoms with Gasteiger partial charge in [0.2, 0.25) is 5.91 Å². The number of esters is 1. The minimum absolute atomic E-state index is 0.0112. The molecule has 0 aromatic heterocycles. The number of aliphatic hydroxyl groups is 2. The van der Waals surface area contributed by atoms with Crippen molar-refractivity contribution in [3.63, 3.8) is 0 Å². The molecule has 462 valence electrons. The minimum Gasteiger partial charge on any atom is -0.466 e. The molecule has 3 N–H and O–H groups in total. The third-order valence-electron chi connectivity index (χ3n) is 16.7. The Bertz CT molecular complexity index is 1220. The van der Waals surface area contributed by atoms with E-state index in [1.807, 2.05) is 6.08 Å². The van der Waals surface area contributed by atoms with Crippen molar-refractivity contribution in [2.45, 2.75) is 411 Å². The van der Waals surface area contributed by atoms with Crippen LogP contribution < -0.4 is 5.32 Å². The summed E-state index contributed by atoms with van der Waals surface area (Å²) in [6, 6.07) is -0.626. The molecular formula is C72H139NO5. The first-order chi connectivity index (χ1) is 38.5. The van der Waals surface area contributed by atoms with Crippen molar-refractivity contribution in [3.05, 3.63) is 24.3 Å². The van der Waals surface area contributed by atoms with Crippen molar-refractivity contribution < 1.29 is 24.5 Å². The Balaban J connectivity index is 3.36. The lowest BCUT2D eigenvalue weighted by molar-refractivity contribution is -0.143. The fourth-order valence-corrected chi connectivity index (χ4v) is 11.3. The highest BCUT2D eigenvalue weighted by Crippen LogP contribution is 2.19. The van der Waals surface area contributed by atoms with Gasteiger partial charge in [-0.25, -0.2) is 0 Å². The molecule has 0 saturated carbocycles. The van der Waals surface area contributed by atoms with Crippen LogP contribution in [0, 0.1) is 0 Å². The summed E-state index contributed by atoms with van der Waals surface area (Å²) in [5, 5.41) is 23.2. The first kappa shape index (κ1) is 76.3. The molecule has 0 saturated heterocycles. The Kier molecular flexibility index (Phi) is 66.4. The zero-order valence-corrected chi connectivity index (χ0v) is 52.9. The number of ether oxygens (including phenoxy) is 1. The fraction of sp³-hybridized carbons (Fsp3) is 0.917. The third-order valence-corrected chi connectivity index (χ3v) is 16.7. The van der Waals surface area contributed by atoms with E-state index in [0.717, 1.165) is 44.9 Å². The van der Waals surface area contributed by atoms with Gasteiger partial charge in [-0.1, -0.05) is 353 Å². The maximum atomic E-state index is 12.5. The molecule has 0 bridgehead atoms. The van der Waals surface area contributed by atoms with Gasteiger partial charge < -0.3 is 20.3 Å². The van der Waals surface area contributed by atoms with Gasteiger partial charge in [-0.05, 0) is 57.8 Å². The van der Waals surface area contributed by atoms with Crippen LogP contribution in [0.1, 0.15) is 399 Å². The molecule has 1 amide bonds. The lowest BCUT2D eigenvalue weighted by Gasteiger charge is -2.20. The average Bonchev–Trinajstić information content (AvgIpc) is 3.44. The average molecular weight is 1100 g/mol. The van der Waals surface area contributed by atoms with Crippen LogP contribution in [0.3, 0.4) is 0 Å². The number of unbranched alkanes of at least 4 members (excludes halogenated alkanes) is 54. The van der Waals surface area contributed by atoms with Gasteiger partial charge in [0.25, 0.3) is 0 Å². The zero-order chi connectivity index (χ0) is 56.4. The van der Waals surface area contributed by atoms with E-state index >= 15 is 0 Å². The number of amides is 1. The lowest BCUT2D eigenvalue weighted by atomic mass is 10.0. The van der Waals surface area contributed by atoms with Gasteiger partial charge in [-0.2, -0.15) is 0 Å². The first-order valence-corrected chi connectivity index (χ1v) is 35.6. The summed E-state index contributed by atoms with van der Waals surface area (Å²) >= 11 is 0. The topological polar surface area (TPSA) is 95.9 Å². The Labute approximate surface area is 488 Å². The zero-order valence-electron chi connectivity index (χ0n) is 52.9. The van der Waals surface area contributed by atoms with E-state index in [2.05, 4.69) is 31.3 Å². The largest absolute Gasteiger partial charge is 0.466 e. The number of hydrogen-bond acceptors (Lipinski definition) is 5. The minimum atomic E-state index is -0.842. The Morgan fingerprint density at radius 2 is 0.603 bits per heavy atom. The third kappa shape index (κ3) is 63.5. The molecule has 0 aromatic rings. The van der Waals surface area contributed by atoms with Crippen molar-refractivity contribution in [2.75, 3.05) is 13.2 Å². The Morgan fingerprint density at radius 1 is 0.346 bits per heavy atom. The summed E-state index contributed by atoms with van der Waals surface area (Å²) in [6.07, 6.45) is 85.4. The SMILES string of the molecule is CCCCCCCC/C=C\CCCCCCCC(=O)OCCCCCCCCCCCCCCCCCCCCCCCCCCCCCCC(=O)NC(CO)C(O)/C=C/CCCCCCCCCCCCCCCCCC. The van der Waals surface area contributed by atoms with E-state index in [-0.39, 0.29) is 18.5 Å². The van der Waals surface area contributed by atoms with Crippen molar-refractivity contribution in [3.8, 4) is 0 Å². The van der Waals surface area contributed by atoms with E-state index in [1.54, 1.807) is 6.08 Å². The Morgan fingerprint density at radius 3 is 0.910 bits per heavy atom. The number of carbonyl (C=O) groups excluding carboxylic acids is 2. The van der Waals surface area contributed by atoms with Gasteiger partial charge in [0.05, 0.1) is 25.4 Å². The van der Waals surface area contributed by atoms with Crippen LogP contribution in [0.25, 0.3) is 0 Å². The summed E-state index contributed by atoms with van der Waals surface area (Å²) in [4.78, 5) is 24.6. The second-order valence-corrected chi connectivity index (χ2v) is 24.6. The van der Waals surface area contributed by atoms with Crippen molar-refractivity contribution >= 4 is 11.9 Å². The summed E-state index contributed by atoms with van der Waals surface area (Å²) in [5.74, 6) is -0.0502. The molecule has 0 heterocycles. The van der Waals surface area contributed by atoms with E-state index in [4.69, 9.17) is 4.74 Å². The number of aliphatic hydroxyl groups excluding tert-OH is 2. The standard InChI is InChI=1S/C72H139NO5/c1-3-5-7-9-11-13-15-17-19-20-33-37-40-44-48-52-56-60-64-70(75)69(68-74)73-71(76)65-61-57-53-49-45-41-38-34-31-29-27-25-23-21-22-24-26-28-30-32-35-39-43-47-51-55-59-63-67-78-72(77)66-62-58-54-50-46-42-36-18-16-14-12-10-8-6-4-2/h18,36,60,64,69-70,74-75H,3-17,19-35,37-59,61-63,65-68H2,1-2H3,(H,73,76)/b36-18-,64-60+. The summed E-state index contributed by atoms with van der Waals surface area (Å²) in [5.41, 5.74) is 0. The summed E-state index contributed by atoms with van der Waals surface area (Å²) < 4.78 is 5.49. The predicted octanol–water partition coefficient (Wildman–Crippen LogP) is 22.9. The van der Waals surface area contributed by atoms with Crippen molar-refractivity contribution in [2.24, 2.45) is 0 Å². The van der Waals surface area contributed by atoms with Crippen LogP contribution in [-0.4, -0.2) is 47.4 Å². The van der Waals surface area contributed by atoms with Crippen molar-refractivity contribution in [1.29, 1.82) is 0 Å². The molecule has 0 spiro atoms. The maximum absolute atomic E-state index is 12.5. The summed E-state index contributed by atoms with van der Waals surface area (Å²) in [7, 11) is 0. The monoisotopic (exact) mass is 1100 g/mol. The molecule has 0 aromatic carbocycles. The number of rotatable bonds is 67. The van der Waals surface area contributed by atoms with E-state index in [9.17, 15) is 19.8 Å². The molecule has 0 aliphatic carbocycles. The Hall–Kier alpha value is -1.66. The number of allylic oxidation sites excluding steroid dienone is 3. The van der Waals surface area contributed by atoms with Gasteiger partial charge in [0.15, 0.2) is 0 Å². The van der Waals surface area contributed by atoms with Crippen LogP contribution in [0.4, 0.5) is 0 Å². The van der Waals surface area contributed by atoms with Crippen LogP contribution in [-0.2, 0) is 14.3 Å². The molecule has 0 rings (SSSR count). The smallest absolute Gasteiger partial charge is 0.305 e. The van der Waals surface area contributed by atoms with Gasteiger partial charge in [-0.3, -0.25) is 9.59 Å². The molecular weight excluding hydrogens is 959 g/mol. The van der Waals surface area contributed by atoms with Gasteiger partial charge in [-0.15, -0.1) is 0 Å². The van der Waals surface area contributed by atoms with Gasteiger partial charge in [0.1, 0.15) is 0 Å². The maximum Gasteiger partial charge on any atom is 0.305 e. The second-order valence-electron chi connectivity index (χ2n) is 24.6. The quantitative estimate of drug-likeness (QED) is 0.0320. The molecule has 0 aliphatic heterocycles.